The molecule has 1 fully saturated rings. The van der Waals surface area contributed by atoms with Gasteiger partial charge in [-0.1, -0.05) is 42.5 Å². The summed E-state index contributed by atoms with van der Waals surface area (Å²) in [4.78, 5) is 0. The highest BCUT2D eigenvalue weighted by molar-refractivity contribution is 5.40. The second-order valence-electron chi connectivity index (χ2n) is 5.56. The Morgan fingerprint density at radius 2 is 1.68 bits per heavy atom. The van der Waals surface area contributed by atoms with Gasteiger partial charge in [-0.05, 0) is 17.7 Å². The summed E-state index contributed by atoms with van der Waals surface area (Å²) in [7, 11) is 0. The summed E-state index contributed by atoms with van der Waals surface area (Å²) < 4.78 is 53.6. The second-order valence-corrected chi connectivity index (χ2v) is 5.56. The van der Waals surface area contributed by atoms with Crippen LogP contribution < -0.4 is 14.8 Å². The third-order valence-corrected chi connectivity index (χ3v) is 3.75. The maximum absolute atomic E-state index is 12.6. The van der Waals surface area contributed by atoms with Crippen molar-refractivity contribution in [2.24, 2.45) is 0 Å². The third kappa shape index (κ3) is 4.87. The first-order valence-corrected chi connectivity index (χ1v) is 7.91. The van der Waals surface area contributed by atoms with Gasteiger partial charge >= 0.3 is 6.36 Å². The number of hydrogen-bond donors (Lipinski definition) is 1. The molecule has 1 heterocycles. The van der Waals surface area contributed by atoms with Crippen LogP contribution in [0.3, 0.4) is 0 Å². The average molecular weight is 353 g/mol. The maximum Gasteiger partial charge on any atom is 0.573 e. The number of benzene rings is 2. The summed E-state index contributed by atoms with van der Waals surface area (Å²) in [6.45, 7) is 1.78. The summed E-state index contributed by atoms with van der Waals surface area (Å²) >= 11 is 0. The highest BCUT2D eigenvalue weighted by Crippen LogP contribution is 2.36. The van der Waals surface area contributed by atoms with Crippen molar-refractivity contribution in [2.45, 2.75) is 18.6 Å². The zero-order valence-corrected chi connectivity index (χ0v) is 13.3. The molecule has 2 unspecified atom stereocenters. The highest BCUT2D eigenvalue weighted by Gasteiger charge is 2.34. The molecule has 1 aliphatic rings. The predicted octanol–water partition coefficient (Wildman–Crippen LogP) is 3.69. The van der Waals surface area contributed by atoms with E-state index in [1.54, 1.807) is 6.07 Å². The van der Waals surface area contributed by atoms with E-state index in [0.717, 1.165) is 12.1 Å². The van der Waals surface area contributed by atoms with Gasteiger partial charge < -0.3 is 19.5 Å². The number of halogens is 3. The van der Waals surface area contributed by atoms with E-state index in [9.17, 15) is 13.2 Å². The van der Waals surface area contributed by atoms with Crippen molar-refractivity contribution in [1.82, 2.24) is 5.32 Å². The van der Waals surface area contributed by atoms with Gasteiger partial charge in [0.05, 0.1) is 6.61 Å². The first kappa shape index (κ1) is 17.6. The number of nitrogens with one attached hydrogen (secondary N) is 1. The standard InChI is InChI=1S/C18H18F3NO3/c19-18(20,21)25-15-9-5-4-8-14(15)24-17(13-6-2-1-3-7-13)16-12-22-10-11-23-16/h1-9,16-17,22H,10-12H2. The molecular weight excluding hydrogens is 335 g/mol. The number of morpholine rings is 1. The Labute approximate surface area is 143 Å². The van der Waals surface area contributed by atoms with E-state index >= 15 is 0 Å². The fraction of sp³-hybridized carbons (Fsp3) is 0.333. The van der Waals surface area contributed by atoms with Crippen molar-refractivity contribution >= 4 is 0 Å². The molecule has 25 heavy (non-hydrogen) atoms. The zero-order chi connectivity index (χ0) is 17.7. The minimum absolute atomic E-state index is 0.0165. The quantitative estimate of drug-likeness (QED) is 0.890. The Morgan fingerprint density at radius 3 is 2.32 bits per heavy atom. The fourth-order valence-electron chi connectivity index (χ4n) is 2.67. The number of ether oxygens (including phenoxy) is 3. The van der Waals surface area contributed by atoms with E-state index in [2.05, 4.69) is 10.1 Å². The molecule has 0 amide bonds. The molecule has 134 valence electrons. The van der Waals surface area contributed by atoms with Gasteiger partial charge in [0, 0.05) is 13.1 Å². The second kappa shape index (κ2) is 7.76. The van der Waals surface area contributed by atoms with Gasteiger partial charge in [-0.25, -0.2) is 0 Å². The topological polar surface area (TPSA) is 39.7 Å². The molecule has 0 bridgehead atoms. The molecule has 3 rings (SSSR count). The summed E-state index contributed by atoms with van der Waals surface area (Å²) in [6, 6.07) is 15.0. The van der Waals surface area contributed by atoms with Crippen LogP contribution in [0.5, 0.6) is 11.5 Å². The lowest BCUT2D eigenvalue weighted by Gasteiger charge is -2.32. The van der Waals surface area contributed by atoms with Crippen LogP contribution in [0, 0.1) is 0 Å². The van der Waals surface area contributed by atoms with E-state index in [-0.39, 0.29) is 17.6 Å². The van der Waals surface area contributed by atoms with E-state index in [4.69, 9.17) is 9.47 Å². The molecule has 1 saturated heterocycles. The number of para-hydroxylation sites is 2. The minimum Gasteiger partial charge on any atom is -0.479 e. The largest absolute Gasteiger partial charge is 0.573 e. The average Bonchev–Trinajstić information content (AvgIpc) is 2.61. The van der Waals surface area contributed by atoms with Gasteiger partial charge in [0.2, 0.25) is 0 Å². The van der Waals surface area contributed by atoms with Crippen molar-refractivity contribution in [3.8, 4) is 11.5 Å². The van der Waals surface area contributed by atoms with Crippen LogP contribution in [0.4, 0.5) is 13.2 Å². The van der Waals surface area contributed by atoms with Crippen LogP contribution >= 0.6 is 0 Å². The van der Waals surface area contributed by atoms with Crippen molar-refractivity contribution in [2.75, 3.05) is 19.7 Å². The van der Waals surface area contributed by atoms with Crippen molar-refractivity contribution in [3.63, 3.8) is 0 Å². The van der Waals surface area contributed by atoms with Crippen LogP contribution in [0.2, 0.25) is 0 Å². The third-order valence-electron chi connectivity index (χ3n) is 3.75. The van der Waals surface area contributed by atoms with Crippen LogP contribution in [-0.4, -0.2) is 32.2 Å². The summed E-state index contributed by atoms with van der Waals surface area (Å²) in [6.07, 6.45) is -5.67. The van der Waals surface area contributed by atoms with Gasteiger partial charge in [-0.3, -0.25) is 0 Å². The summed E-state index contributed by atoms with van der Waals surface area (Å²) in [5, 5.41) is 3.21. The van der Waals surface area contributed by atoms with Gasteiger partial charge in [0.25, 0.3) is 0 Å². The lowest BCUT2D eigenvalue weighted by Crippen LogP contribution is -2.43. The molecule has 0 saturated carbocycles. The minimum atomic E-state index is -4.79. The molecule has 7 heteroatoms. The first-order chi connectivity index (χ1) is 12.0. The van der Waals surface area contributed by atoms with Gasteiger partial charge in [-0.2, -0.15) is 0 Å². The normalized spacial score (nSPS) is 19.2. The summed E-state index contributed by atoms with van der Waals surface area (Å²) in [5.41, 5.74) is 0.818. The van der Waals surface area contributed by atoms with Crippen LogP contribution in [0.15, 0.2) is 54.6 Å². The Balaban J connectivity index is 1.88. The van der Waals surface area contributed by atoms with E-state index in [0.29, 0.717) is 13.2 Å². The zero-order valence-electron chi connectivity index (χ0n) is 13.3. The Hall–Kier alpha value is -2.25. The molecule has 0 aliphatic carbocycles. The number of hydrogen-bond acceptors (Lipinski definition) is 4. The monoisotopic (exact) mass is 353 g/mol. The molecule has 2 aromatic rings. The van der Waals surface area contributed by atoms with Crippen molar-refractivity contribution < 1.29 is 27.4 Å². The van der Waals surface area contributed by atoms with Gasteiger partial charge in [0.1, 0.15) is 6.10 Å². The Kier molecular flexibility index (Phi) is 5.45. The lowest BCUT2D eigenvalue weighted by molar-refractivity contribution is -0.275. The molecular formula is C18H18F3NO3. The van der Waals surface area contributed by atoms with E-state index < -0.39 is 12.5 Å². The fourth-order valence-corrected chi connectivity index (χ4v) is 2.67. The molecule has 4 nitrogen and oxygen atoms in total. The lowest BCUT2D eigenvalue weighted by atomic mass is 10.0. The van der Waals surface area contributed by atoms with Gasteiger partial charge in [-0.15, -0.1) is 13.2 Å². The van der Waals surface area contributed by atoms with Crippen molar-refractivity contribution in [1.29, 1.82) is 0 Å². The maximum atomic E-state index is 12.6. The van der Waals surface area contributed by atoms with E-state index in [1.807, 2.05) is 30.3 Å². The van der Waals surface area contributed by atoms with Crippen molar-refractivity contribution in [3.05, 3.63) is 60.2 Å². The highest BCUT2D eigenvalue weighted by atomic mass is 19.4. The first-order valence-electron chi connectivity index (χ1n) is 7.91. The molecule has 2 aromatic carbocycles. The molecule has 0 spiro atoms. The smallest absolute Gasteiger partial charge is 0.479 e. The van der Waals surface area contributed by atoms with Crippen LogP contribution in [0.1, 0.15) is 11.7 Å². The predicted molar refractivity (Wildman–Crippen MR) is 85.5 cm³/mol. The molecule has 2 atom stereocenters. The Morgan fingerprint density at radius 1 is 1.00 bits per heavy atom. The molecule has 1 aliphatic heterocycles. The van der Waals surface area contributed by atoms with Crippen LogP contribution in [-0.2, 0) is 4.74 Å². The molecule has 0 aromatic heterocycles. The SMILES string of the molecule is FC(F)(F)Oc1ccccc1OC(c1ccccc1)C1CNCCO1. The molecule has 0 radical (unpaired) electrons. The number of rotatable bonds is 5. The van der Waals surface area contributed by atoms with Gasteiger partial charge in [0.15, 0.2) is 17.6 Å². The molecule has 1 N–H and O–H groups in total. The van der Waals surface area contributed by atoms with Crippen LogP contribution in [0.25, 0.3) is 0 Å². The Bertz CT molecular complexity index is 673. The van der Waals surface area contributed by atoms with E-state index in [1.165, 1.54) is 18.2 Å². The summed E-state index contributed by atoms with van der Waals surface area (Å²) in [5.74, 6) is -0.359. The number of alkyl halides is 3.